The molecule has 1 N–H and O–H groups in total. The van der Waals surface area contributed by atoms with Crippen molar-refractivity contribution in [2.75, 3.05) is 39.3 Å². The van der Waals surface area contributed by atoms with Crippen LogP contribution in [0.5, 0.6) is 0 Å². The second kappa shape index (κ2) is 7.93. The molecule has 0 aromatic carbocycles. The maximum atomic E-state index is 12.9. The number of hydrogen-bond acceptors (Lipinski definition) is 5. The summed E-state index contributed by atoms with van der Waals surface area (Å²) in [5.74, 6) is 0.0284. The van der Waals surface area contributed by atoms with Gasteiger partial charge in [0.2, 0.25) is 5.91 Å². The van der Waals surface area contributed by atoms with E-state index in [1.807, 2.05) is 0 Å². The van der Waals surface area contributed by atoms with E-state index in [0.717, 1.165) is 30.6 Å². The highest BCUT2D eigenvalue weighted by Gasteiger charge is 2.52. The van der Waals surface area contributed by atoms with Crippen molar-refractivity contribution in [3.05, 3.63) is 0 Å². The van der Waals surface area contributed by atoms with E-state index in [-0.39, 0.29) is 30.4 Å². The molecule has 4 aliphatic rings. The molecule has 3 aliphatic heterocycles. The van der Waals surface area contributed by atoms with Gasteiger partial charge < -0.3 is 19.9 Å². The molecule has 1 spiro atoms. The number of nitrogens with one attached hydrogen (secondary N) is 1. The van der Waals surface area contributed by atoms with Crippen LogP contribution in [0.4, 0.5) is 4.79 Å². The average molecular weight is 406 g/mol. The third-order valence-electron chi connectivity index (χ3n) is 6.82. The number of imide groups is 1. The molecular weight excluding hydrogens is 376 g/mol. The standard InChI is InChI=1S/C20H30N4O5/c1-14-4-6-20(7-5-14)18(27)24(19(28)21-20)13-16(25)22-8-10-23(11-9-22)17(26)15-3-2-12-29-15/h14-15H,2-13H2,1H3,(H,21,28). The number of rotatable bonds is 3. The lowest BCUT2D eigenvalue weighted by Crippen LogP contribution is -2.55. The van der Waals surface area contributed by atoms with Gasteiger partial charge in [0, 0.05) is 32.8 Å². The number of urea groups is 1. The summed E-state index contributed by atoms with van der Waals surface area (Å²) in [7, 11) is 0. The minimum Gasteiger partial charge on any atom is -0.368 e. The molecular formula is C20H30N4O5. The second-order valence-corrected chi connectivity index (χ2v) is 8.79. The van der Waals surface area contributed by atoms with Crippen molar-refractivity contribution in [3.8, 4) is 0 Å². The van der Waals surface area contributed by atoms with E-state index in [9.17, 15) is 19.2 Å². The number of carbonyl (C=O) groups excluding carboxylic acids is 4. The molecule has 0 radical (unpaired) electrons. The molecule has 0 aromatic heterocycles. The van der Waals surface area contributed by atoms with Gasteiger partial charge in [-0.3, -0.25) is 19.3 Å². The van der Waals surface area contributed by atoms with Crippen LogP contribution in [0, 0.1) is 5.92 Å². The third-order valence-corrected chi connectivity index (χ3v) is 6.82. The van der Waals surface area contributed by atoms with E-state index in [0.29, 0.717) is 51.5 Å². The molecule has 9 nitrogen and oxygen atoms in total. The largest absolute Gasteiger partial charge is 0.368 e. The zero-order chi connectivity index (χ0) is 20.6. The van der Waals surface area contributed by atoms with Gasteiger partial charge in [-0.2, -0.15) is 0 Å². The highest BCUT2D eigenvalue weighted by atomic mass is 16.5. The summed E-state index contributed by atoms with van der Waals surface area (Å²) < 4.78 is 5.46. The van der Waals surface area contributed by atoms with Crippen molar-refractivity contribution in [2.24, 2.45) is 5.92 Å². The van der Waals surface area contributed by atoms with Crippen molar-refractivity contribution in [3.63, 3.8) is 0 Å². The molecule has 160 valence electrons. The molecule has 3 saturated heterocycles. The van der Waals surface area contributed by atoms with Crippen molar-refractivity contribution in [2.45, 2.75) is 57.1 Å². The third kappa shape index (κ3) is 3.84. The molecule has 4 fully saturated rings. The summed E-state index contributed by atoms with van der Waals surface area (Å²) in [5, 5.41) is 2.85. The highest BCUT2D eigenvalue weighted by Crippen LogP contribution is 2.36. The summed E-state index contributed by atoms with van der Waals surface area (Å²) in [6.45, 7) is 4.26. The Hall–Kier alpha value is -2.16. The fourth-order valence-electron chi connectivity index (χ4n) is 4.80. The van der Waals surface area contributed by atoms with Gasteiger partial charge in [-0.15, -0.1) is 0 Å². The van der Waals surface area contributed by atoms with Crippen LogP contribution in [0.1, 0.15) is 45.4 Å². The maximum absolute atomic E-state index is 12.9. The highest BCUT2D eigenvalue weighted by molar-refractivity contribution is 6.09. The predicted molar refractivity (Wildman–Crippen MR) is 103 cm³/mol. The van der Waals surface area contributed by atoms with Gasteiger partial charge in [0.15, 0.2) is 0 Å². The molecule has 1 saturated carbocycles. The van der Waals surface area contributed by atoms with Crippen molar-refractivity contribution < 1.29 is 23.9 Å². The number of hydrogen-bond donors (Lipinski definition) is 1. The minimum absolute atomic E-state index is 0.00262. The Bertz CT molecular complexity index is 689. The summed E-state index contributed by atoms with van der Waals surface area (Å²) in [5.41, 5.74) is -0.823. The van der Waals surface area contributed by atoms with Gasteiger partial charge in [-0.1, -0.05) is 6.92 Å². The predicted octanol–water partition coefficient (Wildman–Crippen LogP) is 0.337. The molecule has 29 heavy (non-hydrogen) atoms. The monoisotopic (exact) mass is 406 g/mol. The Morgan fingerprint density at radius 2 is 1.72 bits per heavy atom. The lowest BCUT2D eigenvalue weighted by Gasteiger charge is -2.36. The van der Waals surface area contributed by atoms with Gasteiger partial charge in [0.25, 0.3) is 11.8 Å². The summed E-state index contributed by atoms with van der Waals surface area (Å²) >= 11 is 0. The van der Waals surface area contributed by atoms with Crippen molar-refractivity contribution in [1.29, 1.82) is 0 Å². The molecule has 1 atom stereocenters. The number of amides is 5. The van der Waals surface area contributed by atoms with Crippen LogP contribution in [0.15, 0.2) is 0 Å². The maximum Gasteiger partial charge on any atom is 0.325 e. The van der Waals surface area contributed by atoms with Crippen LogP contribution < -0.4 is 5.32 Å². The van der Waals surface area contributed by atoms with Crippen LogP contribution in [0.2, 0.25) is 0 Å². The van der Waals surface area contributed by atoms with Crippen molar-refractivity contribution in [1.82, 2.24) is 20.0 Å². The zero-order valence-corrected chi connectivity index (χ0v) is 17.0. The van der Waals surface area contributed by atoms with E-state index < -0.39 is 11.6 Å². The van der Waals surface area contributed by atoms with Gasteiger partial charge in [-0.25, -0.2) is 4.79 Å². The Balaban J connectivity index is 1.30. The zero-order valence-electron chi connectivity index (χ0n) is 17.0. The molecule has 1 aliphatic carbocycles. The van der Waals surface area contributed by atoms with E-state index >= 15 is 0 Å². The smallest absolute Gasteiger partial charge is 0.325 e. The SMILES string of the molecule is CC1CCC2(CC1)NC(=O)N(CC(=O)N1CCN(C(=O)C3CCCO3)CC1)C2=O. The summed E-state index contributed by atoms with van der Waals surface area (Å²) in [4.78, 5) is 54.9. The van der Waals surface area contributed by atoms with Gasteiger partial charge in [-0.05, 0) is 44.4 Å². The first-order chi connectivity index (χ1) is 13.9. The normalized spacial score (nSPS) is 32.8. The fourth-order valence-corrected chi connectivity index (χ4v) is 4.80. The molecule has 9 heteroatoms. The number of carbonyl (C=O) groups is 4. The second-order valence-electron chi connectivity index (χ2n) is 8.79. The Morgan fingerprint density at radius 1 is 1.07 bits per heavy atom. The van der Waals surface area contributed by atoms with Crippen LogP contribution in [0.3, 0.4) is 0 Å². The Morgan fingerprint density at radius 3 is 2.34 bits per heavy atom. The van der Waals surface area contributed by atoms with E-state index in [2.05, 4.69) is 12.2 Å². The first-order valence-corrected chi connectivity index (χ1v) is 10.7. The number of ether oxygens (including phenoxy) is 1. The van der Waals surface area contributed by atoms with Crippen LogP contribution in [-0.2, 0) is 19.1 Å². The lowest BCUT2D eigenvalue weighted by molar-refractivity contribution is -0.146. The van der Waals surface area contributed by atoms with E-state index in [1.165, 1.54) is 0 Å². The van der Waals surface area contributed by atoms with Gasteiger partial charge in [0.05, 0.1) is 0 Å². The Kier molecular flexibility index (Phi) is 5.50. The molecule has 0 aromatic rings. The topological polar surface area (TPSA) is 99.3 Å². The fraction of sp³-hybridized carbons (Fsp3) is 0.800. The van der Waals surface area contributed by atoms with E-state index in [1.54, 1.807) is 9.80 Å². The minimum atomic E-state index is -0.823. The molecule has 3 heterocycles. The van der Waals surface area contributed by atoms with Crippen LogP contribution in [-0.4, -0.2) is 89.4 Å². The first kappa shape index (κ1) is 20.1. The number of nitrogens with zero attached hydrogens (tertiary/aromatic N) is 3. The molecule has 5 amide bonds. The molecule has 4 rings (SSSR count). The van der Waals surface area contributed by atoms with Gasteiger partial charge >= 0.3 is 6.03 Å². The van der Waals surface area contributed by atoms with Crippen molar-refractivity contribution >= 4 is 23.8 Å². The average Bonchev–Trinajstić information content (AvgIpc) is 3.34. The lowest BCUT2D eigenvalue weighted by atomic mass is 9.77. The molecule has 0 bridgehead atoms. The summed E-state index contributed by atoms with van der Waals surface area (Å²) in [6.07, 6.45) is 4.37. The van der Waals surface area contributed by atoms with Crippen LogP contribution >= 0.6 is 0 Å². The summed E-state index contributed by atoms with van der Waals surface area (Å²) in [6, 6.07) is -0.468. The number of piperazine rings is 1. The van der Waals surface area contributed by atoms with Gasteiger partial charge in [0.1, 0.15) is 18.2 Å². The first-order valence-electron chi connectivity index (χ1n) is 10.7. The van der Waals surface area contributed by atoms with E-state index in [4.69, 9.17) is 4.74 Å². The molecule has 1 unspecified atom stereocenters. The van der Waals surface area contributed by atoms with Crippen LogP contribution in [0.25, 0.3) is 0 Å². The Labute approximate surface area is 170 Å². The quantitative estimate of drug-likeness (QED) is 0.682.